The molecule has 0 aliphatic rings. The number of benzene rings is 2. The maximum absolute atomic E-state index is 13.4. The lowest BCUT2D eigenvalue weighted by Gasteiger charge is -2.18. The molecule has 0 bridgehead atoms. The SMILES string of the molecule is CC(C)Oc1ccc(S(=O)(=O)NCC(c2ccc(F)cc2)S(=O)(=O)c2cccs2)cc1. The van der Waals surface area contributed by atoms with Crippen LogP contribution < -0.4 is 9.46 Å². The molecule has 2 aromatic carbocycles. The highest BCUT2D eigenvalue weighted by molar-refractivity contribution is 7.93. The normalized spacial score (nSPS) is 13.3. The third kappa shape index (κ3) is 5.70. The lowest BCUT2D eigenvalue weighted by Crippen LogP contribution is -2.31. The van der Waals surface area contributed by atoms with Gasteiger partial charge in [-0.25, -0.2) is 25.9 Å². The molecule has 1 heterocycles. The Morgan fingerprint density at radius 2 is 1.61 bits per heavy atom. The molecule has 0 aliphatic carbocycles. The zero-order valence-electron chi connectivity index (χ0n) is 16.9. The molecule has 166 valence electrons. The van der Waals surface area contributed by atoms with Crippen LogP contribution in [-0.4, -0.2) is 29.5 Å². The summed E-state index contributed by atoms with van der Waals surface area (Å²) in [6.45, 7) is 3.31. The van der Waals surface area contributed by atoms with E-state index in [0.717, 1.165) is 23.5 Å². The van der Waals surface area contributed by atoms with Gasteiger partial charge < -0.3 is 4.74 Å². The minimum absolute atomic E-state index is 0.0185. The highest BCUT2D eigenvalue weighted by atomic mass is 32.2. The molecule has 0 saturated carbocycles. The van der Waals surface area contributed by atoms with Crippen molar-refractivity contribution in [2.75, 3.05) is 6.54 Å². The summed E-state index contributed by atoms with van der Waals surface area (Å²) in [5.74, 6) is 0.0127. The van der Waals surface area contributed by atoms with Gasteiger partial charge in [0.15, 0.2) is 9.84 Å². The fourth-order valence-corrected chi connectivity index (χ4v) is 6.91. The number of hydrogen-bond donors (Lipinski definition) is 1. The van der Waals surface area contributed by atoms with Crippen molar-refractivity contribution < 1.29 is 26.0 Å². The minimum Gasteiger partial charge on any atom is -0.491 e. The molecule has 6 nitrogen and oxygen atoms in total. The van der Waals surface area contributed by atoms with Gasteiger partial charge in [0.2, 0.25) is 10.0 Å². The summed E-state index contributed by atoms with van der Waals surface area (Å²) < 4.78 is 73.2. The summed E-state index contributed by atoms with van der Waals surface area (Å²) in [5, 5.41) is 0.407. The first-order chi connectivity index (χ1) is 14.6. The molecule has 1 unspecified atom stereocenters. The van der Waals surface area contributed by atoms with Crippen LogP contribution in [0, 0.1) is 5.82 Å². The molecular formula is C21H22FNO5S3. The van der Waals surface area contributed by atoms with Crippen LogP contribution in [0.15, 0.2) is 75.1 Å². The number of halogens is 1. The summed E-state index contributed by atoms with van der Waals surface area (Å²) in [6.07, 6.45) is -0.0560. The molecule has 0 saturated heterocycles. The van der Waals surface area contributed by atoms with Crippen LogP contribution in [0.25, 0.3) is 0 Å². The number of thiophene rings is 1. The van der Waals surface area contributed by atoms with Gasteiger partial charge in [0, 0.05) is 6.54 Å². The van der Waals surface area contributed by atoms with Gasteiger partial charge in [-0.1, -0.05) is 18.2 Å². The van der Waals surface area contributed by atoms with E-state index in [9.17, 15) is 21.2 Å². The average molecular weight is 484 g/mol. The predicted octanol–water partition coefficient (Wildman–Crippen LogP) is 4.17. The van der Waals surface area contributed by atoms with E-state index in [1.807, 2.05) is 13.8 Å². The van der Waals surface area contributed by atoms with E-state index >= 15 is 0 Å². The highest BCUT2D eigenvalue weighted by Gasteiger charge is 2.31. The maximum atomic E-state index is 13.4. The molecule has 31 heavy (non-hydrogen) atoms. The van der Waals surface area contributed by atoms with Gasteiger partial charge in [0.25, 0.3) is 0 Å². The van der Waals surface area contributed by atoms with E-state index in [0.29, 0.717) is 5.75 Å². The summed E-state index contributed by atoms with van der Waals surface area (Å²) in [5.41, 5.74) is 0.290. The quantitative estimate of drug-likeness (QED) is 0.493. The Morgan fingerprint density at radius 1 is 0.968 bits per heavy atom. The lowest BCUT2D eigenvalue weighted by molar-refractivity contribution is 0.242. The Balaban J connectivity index is 1.87. The third-order valence-electron chi connectivity index (χ3n) is 4.36. The molecule has 3 rings (SSSR count). The van der Waals surface area contributed by atoms with Gasteiger partial charge in [-0.15, -0.1) is 11.3 Å². The highest BCUT2D eigenvalue weighted by Crippen LogP contribution is 2.31. The second kappa shape index (κ2) is 9.47. The Hall–Kier alpha value is -2.27. The predicted molar refractivity (Wildman–Crippen MR) is 118 cm³/mol. The van der Waals surface area contributed by atoms with Crippen molar-refractivity contribution in [3.63, 3.8) is 0 Å². The van der Waals surface area contributed by atoms with Gasteiger partial charge in [-0.05, 0) is 67.3 Å². The first kappa shape index (κ1) is 23.4. The monoisotopic (exact) mass is 483 g/mol. The van der Waals surface area contributed by atoms with Gasteiger partial charge in [0.1, 0.15) is 21.0 Å². The lowest BCUT2D eigenvalue weighted by atomic mass is 10.1. The minimum atomic E-state index is -3.99. The van der Waals surface area contributed by atoms with E-state index in [2.05, 4.69) is 4.72 Å². The first-order valence-electron chi connectivity index (χ1n) is 9.39. The van der Waals surface area contributed by atoms with Crippen molar-refractivity contribution in [3.8, 4) is 5.75 Å². The zero-order valence-corrected chi connectivity index (χ0v) is 19.3. The van der Waals surface area contributed by atoms with Crippen molar-refractivity contribution in [1.82, 2.24) is 4.72 Å². The number of hydrogen-bond acceptors (Lipinski definition) is 6. The zero-order chi connectivity index (χ0) is 22.6. The average Bonchev–Trinajstić information content (AvgIpc) is 3.25. The van der Waals surface area contributed by atoms with Crippen LogP contribution in [0.3, 0.4) is 0 Å². The van der Waals surface area contributed by atoms with Gasteiger partial charge in [0.05, 0.1) is 11.0 Å². The molecule has 0 amide bonds. The fraction of sp³-hybridized carbons (Fsp3) is 0.238. The Morgan fingerprint density at radius 3 is 2.16 bits per heavy atom. The van der Waals surface area contributed by atoms with E-state index in [-0.39, 0.29) is 20.8 Å². The van der Waals surface area contributed by atoms with Crippen LogP contribution >= 0.6 is 11.3 Å². The van der Waals surface area contributed by atoms with Gasteiger partial charge >= 0.3 is 0 Å². The third-order valence-corrected chi connectivity index (χ3v) is 9.33. The maximum Gasteiger partial charge on any atom is 0.240 e. The molecule has 1 N–H and O–H groups in total. The van der Waals surface area contributed by atoms with E-state index in [1.165, 1.54) is 42.5 Å². The van der Waals surface area contributed by atoms with Crippen LogP contribution in [0.1, 0.15) is 24.7 Å². The molecule has 1 atom stereocenters. The van der Waals surface area contributed by atoms with E-state index in [4.69, 9.17) is 4.74 Å². The number of nitrogens with one attached hydrogen (secondary N) is 1. The van der Waals surface area contributed by atoms with Crippen molar-refractivity contribution in [1.29, 1.82) is 0 Å². The van der Waals surface area contributed by atoms with Crippen LogP contribution in [0.5, 0.6) is 5.75 Å². The molecule has 0 spiro atoms. The molecule has 0 aliphatic heterocycles. The smallest absolute Gasteiger partial charge is 0.240 e. The first-order valence-corrected chi connectivity index (χ1v) is 13.3. The van der Waals surface area contributed by atoms with Crippen LogP contribution in [-0.2, 0) is 19.9 Å². The van der Waals surface area contributed by atoms with E-state index in [1.54, 1.807) is 11.4 Å². The molecule has 10 heteroatoms. The van der Waals surface area contributed by atoms with Crippen LogP contribution in [0.4, 0.5) is 4.39 Å². The van der Waals surface area contributed by atoms with Gasteiger partial charge in [-0.2, -0.15) is 0 Å². The standard InChI is InChI=1S/C21H22FNO5S3/c1-15(2)28-18-9-11-19(12-10-18)31(26,27)23-14-20(16-5-7-17(22)8-6-16)30(24,25)21-4-3-13-29-21/h3-13,15,20,23H,14H2,1-2H3. The summed E-state index contributed by atoms with van der Waals surface area (Å²) in [4.78, 5) is -0.0185. The topological polar surface area (TPSA) is 89.5 Å². The van der Waals surface area contributed by atoms with Crippen molar-refractivity contribution in [3.05, 3.63) is 77.4 Å². The Kier molecular flexibility index (Phi) is 7.15. The number of rotatable bonds is 9. The Labute approximate surface area is 185 Å². The van der Waals surface area contributed by atoms with Crippen molar-refractivity contribution >= 4 is 31.2 Å². The van der Waals surface area contributed by atoms with Crippen molar-refractivity contribution in [2.24, 2.45) is 0 Å². The number of sulfone groups is 1. The largest absolute Gasteiger partial charge is 0.491 e. The van der Waals surface area contributed by atoms with Crippen LogP contribution in [0.2, 0.25) is 0 Å². The Bertz CT molecular complexity index is 1210. The second-order valence-electron chi connectivity index (χ2n) is 7.01. The number of ether oxygens (including phenoxy) is 1. The van der Waals surface area contributed by atoms with E-state index < -0.39 is 37.5 Å². The van der Waals surface area contributed by atoms with Gasteiger partial charge in [-0.3, -0.25) is 0 Å². The number of sulfonamides is 1. The second-order valence-corrected chi connectivity index (χ2v) is 12.1. The summed E-state index contributed by atoms with van der Waals surface area (Å²) in [6, 6.07) is 13.9. The molecular weight excluding hydrogens is 461 g/mol. The van der Waals surface area contributed by atoms with Crippen molar-refractivity contribution in [2.45, 2.75) is 34.3 Å². The molecule has 0 radical (unpaired) electrons. The molecule has 1 aromatic heterocycles. The summed E-state index contributed by atoms with van der Waals surface area (Å²) >= 11 is 1.04. The molecule has 0 fully saturated rings. The fourth-order valence-electron chi connectivity index (χ4n) is 2.89. The molecule has 3 aromatic rings. The summed E-state index contributed by atoms with van der Waals surface area (Å²) in [7, 11) is -7.89.